The molecule has 1 heterocycles. The maximum Gasteiger partial charge on any atom is 0.497 e. The second kappa shape index (κ2) is 9.96. The number of alkyl carbamates (subject to hydrolysis) is 1. The van der Waals surface area contributed by atoms with Gasteiger partial charge in [0.2, 0.25) is 0 Å². The van der Waals surface area contributed by atoms with E-state index in [1.54, 1.807) is 32.9 Å². The molecule has 1 atom stereocenters. The fraction of sp³-hybridized carbons (Fsp3) is 0.500. The summed E-state index contributed by atoms with van der Waals surface area (Å²) in [5.41, 5.74) is -0.378. The van der Waals surface area contributed by atoms with E-state index >= 15 is 0 Å². The van der Waals surface area contributed by atoms with E-state index in [2.05, 4.69) is 5.32 Å². The Kier molecular flexibility index (Phi) is 7.63. The average Bonchev–Trinajstić information content (AvgIpc) is 2.92. The van der Waals surface area contributed by atoms with E-state index in [1.807, 2.05) is 58.0 Å². The first-order valence-corrected chi connectivity index (χ1v) is 11.6. The molecule has 3 rings (SSSR count). The van der Waals surface area contributed by atoms with E-state index in [0.717, 1.165) is 5.56 Å². The number of hydrogen-bond donors (Lipinski definition) is 1. The van der Waals surface area contributed by atoms with Crippen molar-refractivity contribution in [3.05, 3.63) is 59.9 Å². The Hall–Kier alpha value is -2.58. The van der Waals surface area contributed by atoms with Gasteiger partial charge in [-0.1, -0.05) is 36.4 Å². The first kappa shape index (κ1) is 26.0. The van der Waals surface area contributed by atoms with E-state index in [0.29, 0.717) is 17.6 Å². The molecular weight excluding hydrogens is 436 g/mol. The van der Waals surface area contributed by atoms with Crippen LogP contribution in [0.25, 0.3) is 0 Å². The lowest BCUT2D eigenvalue weighted by molar-refractivity contribution is 0.00578. The number of amides is 1. The number of carbonyl (C=O) groups excluding carboxylic acids is 1. The Bertz CT molecular complexity index is 974. The van der Waals surface area contributed by atoms with Gasteiger partial charge in [-0.15, -0.1) is 0 Å². The van der Waals surface area contributed by atoms with Gasteiger partial charge in [0.1, 0.15) is 23.8 Å². The van der Waals surface area contributed by atoms with Crippen LogP contribution < -0.4 is 15.5 Å². The van der Waals surface area contributed by atoms with Crippen LogP contribution in [0.2, 0.25) is 0 Å². The second-order valence-electron chi connectivity index (χ2n) is 10.6. The molecule has 0 spiro atoms. The summed E-state index contributed by atoms with van der Waals surface area (Å²) in [7, 11) is -0.793. The molecule has 1 aliphatic rings. The smallest absolute Gasteiger partial charge is 0.491 e. The Labute approximate surface area is 202 Å². The number of carbonyl (C=O) groups is 1. The van der Waals surface area contributed by atoms with Crippen molar-refractivity contribution >= 4 is 18.7 Å². The summed E-state index contributed by atoms with van der Waals surface area (Å²) in [6.45, 7) is 13.3. The molecule has 0 saturated carbocycles. The lowest BCUT2D eigenvalue weighted by Gasteiger charge is -2.32. The highest BCUT2D eigenvalue weighted by molar-refractivity contribution is 6.62. The van der Waals surface area contributed by atoms with E-state index < -0.39 is 35.8 Å². The van der Waals surface area contributed by atoms with Crippen molar-refractivity contribution in [1.29, 1.82) is 0 Å². The van der Waals surface area contributed by atoms with E-state index in [-0.39, 0.29) is 12.6 Å². The topological polar surface area (TPSA) is 66.0 Å². The summed E-state index contributed by atoms with van der Waals surface area (Å²) in [5.74, 6) is -0.127. The predicted molar refractivity (Wildman–Crippen MR) is 131 cm³/mol. The molecule has 2 aromatic rings. The largest absolute Gasteiger partial charge is 0.497 e. The Morgan fingerprint density at radius 1 is 1.06 bits per heavy atom. The third kappa shape index (κ3) is 6.73. The standard InChI is InChI=1S/C26H35BFNO5/c1-24(2,3)32-23(30)29-19(15-18-11-9-8-10-12-18)17-31-20-13-14-21(22(28)16-20)27-33-25(4,5)26(6,7)34-27/h8-14,16,19H,15,17H2,1-7H3,(H,29,30)/t19-/m1/s1. The minimum absolute atomic E-state index is 0.142. The molecule has 1 N–H and O–H groups in total. The molecule has 0 aromatic heterocycles. The molecule has 34 heavy (non-hydrogen) atoms. The van der Waals surface area contributed by atoms with Crippen LogP contribution in [0.4, 0.5) is 9.18 Å². The molecule has 1 fully saturated rings. The van der Waals surface area contributed by atoms with Crippen molar-refractivity contribution in [3.63, 3.8) is 0 Å². The van der Waals surface area contributed by atoms with Crippen LogP contribution in [0.1, 0.15) is 54.0 Å². The monoisotopic (exact) mass is 471 g/mol. The number of halogens is 1. The van der Waals surface area contributed by atoms with E-state index in [4.69, 9.17) is 18.8 Å². The minimum Gasteiger partial charge on any atom is -0.491 e. The second-order valence-corrected chi connectivity index (χ2v) is 10.6. The summed E-state index contributed by atoms with van der Waals surface area (Å²) in [6, 6.07) is 14.0. The van der Waals surface area contributed by atoms with Crippen molar-refractivity contribution in [2.45, 2.75) is 77.7 Å². The van der Waals surface area contributed by atoms with Gasteiger partial charge in [-0.2, -0.15) is 0 Å². The summed E-state index contributed by atoms with van der Waals surface area (Å²) in [6.07, 6.45) is 0.00787. The molecule has 0 aliphatic carbocycles. The van der Waals surface area contributed by atoms with Gasteiger partial charge >= 0.3 is 13.2 Å². The number of hydrogen-bond acceptors (Lipinski definition) is 5. The molecule has 6 nitrogen and oxygen atoms in total. The number of benzene rings is 2. The molecule has 1 aliphatic heterocycles. The van der Waals surface area contributed by atoms with Gasteiger partial charge in [-0.05, 0) is 66.5 Å². The highest BCUT2D eigenvalue weighted by Crippen LogP contribution is 2.36. The fourth-order valence-electron chi connectivity index (χ4n) is 3.48. The molecule has 0 unspecified atom stereocenters. The van der Waals surface area contributed by atoms with Crippen LogP contribution in [0, 0.1) is 5.82 Å². The number of ether oxygens (including phenoxy) is 2. The zero-order valence-corrected chi connectivity index (χ0v) is 21.1. The lowest BCUT2D eigenvalue weighted by atomic mass is 9.78. The Morgan fingerprint density at radius 3 is 2.24 bits per heavy atom. The normalized spacial score (nSPS) is 17.8. The van der Waals surface area contributed by atoms with Crippen molar-refractivity contribution in [2.24, 2.45) is 0 Å². The van der Waals surface area contributed by atoms with Gasteiger partial charge in [0.05, 0.1) is 17.2 Å². The molecule has 8 heteroatoms. The first-order chi connectivity index (χ1) is 15.8. The maximum atomic E-state index is 14.9. The molecular formula is C26H35BFNO5. The SMILES string of the molecule is CC(C)(C)OC(=O)N[C@@H](COc1ccc(B2OC(C)(C)C(C)(C)O2)c(F)c1)Cc1ccccc1. The van der Waals surface area contributed by atoms with Crippen LogP contribution in [-0.2, 0) is 20.5 Å². The highest BCUT2D eigenvalue weighted by Gasteiger charge is 2.52. The van der Waals surface area contributed by atoms with Crippen molar-refractivity contribution < 1.29 is 28.0 Å². The number of nitrogens with one attached hydrogen (secondary N) is 1. The lowest BCUT2D eigenvalue weighted by Crippen LogP contribution is -2.43. The van der Waals surface area contributed by atoms with Crippen LogP contribution >= 0.6 is 0 Å². The van der Waals surface area contributed by atoms with Crippen molar-refractivity contribution in [3.8, 4) is 5.75 Å². The summed E-state index contributed by atoms with van der Waals surface area (Å²) in [4.78, 5) is 12.3. The predicted octanol–water partition coefficient (Wildman–Crippen LogP) is 4.64. The first-order valence-electron chi connectivity index (χ1n) is 11.6. The van der Waals surface area contributed by atoms with E-state index in [9.17, 15) is 9.18 Å². The zero-order chi connectivity index (χ0) is 25.1. The Morgan fingerprint density at radius 2 is 1.68 bits per heavy atom. The molecule has 0 bridgehead atoms. The van der Waals surface area contributed by atoms with Gasteiger partial charge in [0, 0.05) is 11.5 Å². The van der Waals surface area contributed by atoms with Crippen molar-refractivity contribution in [1.82, 2.24) is 5.32 Å². The van der Waals surface area contributed by atoms with Crippen molar-refractivity contribution in [2.75, 3.05) is 6.61 Å². The third-order valence-electron chi connectivity index (χ3n) is 5.98. The third-order valence-corrected chi connectivity index (χ3v) is 5.98. The minimum atomic E-state index is -0.793. The average molecular weight is 471 g/mol. The fourth-order valence-corrected chi connectivity index (χ4v) is 3.48. The summed E-state index contributed by atoms with van der Waals surface area (Å²) < 4.78 is 38.1. The highest BCUT2D eigenvalue weighted by atomic mass is 19.1. The van der Waals surface area contributed by atoms with Crippen LogP contribution in [0.15, 0.2) is 48.5 Å². The zero-order valence-electron chi connectivity index (χ0n) is 21.1. The van der Waals surface area contributed by atoms with E-state index in [1.165, 1.54) is 6.07 Å². The van der Waals surface area contributed by atoms with Gasteiger partial charge in [-0.3, -0.25) is 0 Å². The van der Waals surface area contributed by atoms with Gasteiger partial charge in [-0.25, -0.2) is 9.18 Å². The van der Waals surface area contributed by atoms with Gasteiger partial charge < -0.3 is 24.1 Å². The number of rotatable bonds is 7. The summed E-state index contributed by atoms with van der Waals surface area (Å²) in [5, 5.41) is 2.86. The molecule has 2 aromatic carbocycles. The summed E-state index contributed by atoms with van der Waals surface area (Å²) >= 11 is 0. The molecule has 0 radical (unpaired) electrons. The molecule has 184 valence electrons. The quantitative estimate of drug-likeness (QED) is 0.597. The molecule has 1 amide bonds. The van der Waals surface area contributed by atoms with Gasteiger partial charge in [0.15, 0.2) is 0 Å². The van der Waals surface area contributed by atoms with Crippen LogP contribution in [0.3, 0.4) is 0 Å². The van der Waals surface area contributed by atoms with Gasteiger partial charge in [0.25, 0.3) is 0 Å². The van der Waals surface area contributed by atoms with Crippen LogP contribution in [0.5, 0.6) is 5.75 Å². The maximum absolute atomic E-state index is 14.9. The van der Waals surface area contributed by atoms with Crippen LogP contribution in [-0.4, -0.2) is 42.7 Å². The Balaban J connectivity index is 1.68. The molecule has 1 saturated heterocycles.